The summed E-state index contributed by atoms with van der Waals surface area (Å²) in [6.45, 7) is 0. The van der Waals surface area contributed by atoms with E-state index in [0.29, 0.717) is 5.92 Å². The molecule has 2 aliphatic rings. The number of hydrogen-bond donors (Lipinski definition) is 1. The number of thioether (sulfide) groups is 1. The van der Waals surface area contributed by atoms with Crippen LogP contribution in [0.3, 0.4) is 0 Å². The quantitative estimate of drug-likeness (QED) is 0.832. The van der Waals surface area contributed by atoms with Crippen molar-refractivity contribution in [1.82, 2.24) is 0 Å². The van der Waals surface area contributed by atoms with Crippen molar-refractivity contribution in [3.05, 3.63) is 23.8 Å². The third-order valence-electron chi connectivity index (χ3n) is 4.38. The van der Waals surface area contributed by atoms with Crippen LogP contribution >= 0.6 is 11.8 Å². The Labute approximate surface area is 135 Å². The van der Waals surface area contributed by atoms with E-state index in [2.05, 4.69) is 0 Å². The maximum atomic E-state index is 11.2. The number of rotatable bonds is 7. The maximum absolute atomic E-state index is 11.2. The van der Waals surface area contributed by atoms with Crippen LogP contribution in [0.5, 0.6) is 11.5 Å². The highest BCUT2D eigenvalue weighted by atomic mass is 32.2. The number of hydrogen-bond acceptors (Lipinski definition) is 4. The Hall–Kier alpha value is -1.36. The van der Waals surface area contributed by atoms with Gasteiger partial charge >= 0.3 is 5.97 Å². The molecule has 1 aliphatic heterocycles. The molecule has 3 rings (SSSR count). The Bertz CT molecular complexity index is 535. The van der Waals surface area contributed by atoms with Crippen LogP contribution in [0.2, 0.25) is 0 Å². The van der Waals surface area contributed by atoms with E-state index in [0.717, 1.165) is 47.8 Å². The number of ether oxygens (including phenoxy) is 2. The highest BCUT2D eigenvalue weighted by molar-refractivity contribution is 7.99. The van der Waals surface area contributed by atoms with Gasteiger partial charge in [0.05, 0.1) is 13.5 Å². The molecule has 4 nitrogen and oxygen atoms in total. The van der Waals surface area contributed by atoms with Crippen LogP contribution in [0.15, 0.2) is 18.2 Å². The van der Waals surface area contributed by atoms with E-state index >= 15 is 0 Å². The second-order valence-corrected chi connectivity index (χ2v) is 7.17. The van der Waals surface area contributed by atoms with Gasteiger partial charge in [-0.3, -0.25) is 4.79 Å². The predicted molar refractivity (Wildman–Crippen MR) is 87.1 cm³/mol. The first-order valence-electron chi connectivity index (χ1n) is 7.82. The molecule has 0 aromatic heterocycles. The molecular formula is C17H22O4S. The van der Waals surface area contributed by atoms with E-state index in [-0.39, 0.29) is 18.4 Å². The topological polar surface area (TPSA) is 55.8 Å². The highest BCUT2D eigenvalue weighted by Crippen LogP contribution is 2.49. The molecule has 2 unspecified atom stereocenters. The Balaban J connectivity index is 1.87. The van der Waals surface area contributed by atoms with Gasteiger partial charge in [-0.25, -0.2) is 0 Å². The number of para-hydroxylation sites is 1. The fourth-order valence-electron chi connectivity index (χ4n) is 3.14. The Kier molecular flexibility index (Phi) is 4.81. The van der Waals surface area contributed by atoms with Gasteiger partial charge in [-0.15, -0.1) is 0 Å². The number of benzene rings is 1. The number of aliphatic carboxylic acids is 1. The first-order valence-corrected chi connectivity index (χ1v) is 8.97. The van der Waals surface area contributed by atoms with Gasteiger partial charge in [0.25, 0.3) is 0 Å². The van der Waals surface area contributed by atoms with E-state index in [1.165, 1.54) is 0 Å². The van der Waals surface area contributed by atoms with Gasteiger partial charge in [0, 0.05) is 17.2 Å². The van der Waals surface area contributed by atoms with E-state index in [1.807, 2.05) is 30.0 Å². The summed E-state index contributed by atoms with van der Waals surface area (Å²) < 4.78 is 11.7. The molecule has 120 valence electrons. The molecule has 1 saturated heterocycles. The van der Waals surface area contributed by atoms with E-state index in [4.69, 9.17) is 9.47 Å². The Morgan fingerprint density at radius 1 is 1.41 bits per heavy atom. The van der Waals surface area contributed by atoms with Gasteiger partial charge in [0.1, 0.15) is 6.10 Å². The third-order valence-corrected chi connectivity index (χ3v) is 5.51. The molecule has 1 aromatic rings. The van der Waals surface area contributed by atoms with E-state index < -0.39 is 5.97 Å². The predicted octanol–water partition coefficient (Wildman–Crippen LogP) is 3.55. The summed E-state index contributed by atoms with van der Waals surface area (Å²) >= 11 is 1.91. The zero-order valence-corrected chi connectivity index (χ0v) is 13.6. The van der Waals surface area contributed by atoms with Gasteiger partial charge < -0.3 is 14.6 Å². The average Bonchev–Trinajstić information content (AvgIpc) is 3.22. The van der Waals surface area contributed by atoms with Crippen LogP contribution in [0.1, 0.15) is 37.2 Å². The van der Waals surface area contributed by atoms with Crippen LogP contribution in [0, 0.1) is 5.92 Å². The number of carboxylic acid groups (broad SMARTS) is 1. The lowest BCUT2D eigenvalue weighted by Gasteiger charge is -2.22. The van der Waals surface area contributed by atoms with Crippen LogP contribution in [0.25, 0.3) is 0 Å². The standard InChI is InChI=1S/C17H22O4S/c1-20-17-13(14(9-16(18)19)11-5-6-11)3-2-4-15(17)21-12-7-8-22-10-12/h2-4,11-12,14H,5-10H2,1H3,(H,18,19). The summed E-state index contributed by atoms with van der Waals surface area (Å²) in [5.74, 6) is 3.35. The summed E-state index contributed by atoms with van der Waals surface area (Å²) in [6.07, 6.45) is 3.65. The van der Waals surface area contributed by atoms with E-state index in [1.54, 1.807) is 7.11 Å². The Morgan fingerprint density at radius 3 is 2.82 bits per heavy atom. The normalized spacial score (nSPS) is 22.3. The van der Waals surface area contributed by atoms with E-state index in [9.17, 15) is 9.90 Å². The van der Waals surface area contributed by atoms with Crippen molar-refractivity contribution in [2.24, 2.45) is 5.92 Å². The van der Waals surface area contributed by atoms with Crippen LogP contribution in [0.4, 0.5) is 0 Å². The minimum atomic E-state index is -0.752. The zero-order chi connectivity index (χ0) is 15.5. The largest absolute Gasteiger partial charge is 0.493 e. The molecule has 1 aliphatic carbocycles. The lowest BCUT2D eigenvalue weighted by atomic mass is 9.90. The molecule has 0 spiro atoms. The second-order valence-electron chi connectivity index (χ2n) is 6.02. The van der Waals surface area contributed by atoms with Crippen LogP contribution in [-0.4, -0.2) is 35.8 Å². The number of methoxy groups -OCH3 is 1. The summed E-state index contributed by atoms with van der Waals surface area (Å²) in [4.78, 5) is 11.2. The van der Waals surface area contributed by atoms with Crippen molar-refractivity contribution in [3.8, 4) is 11.5 Å². The van der Waals surface area contributed by atoms with Gasteiger partial charge in [-0.05, 0) is 37.0 Å². The molecule has 22 heavy (non-hydrogen) atoms. The molecule has 1 heterocycles. The molecule has 2 fully saturated rings. The molecule has 0 bridgehead atoms. The molecule has 0 amide bonds. The molecule has 2 atom stereocenters. The number of carbonyl (C=O) groups is 1. The van der Waals surface area contributed by atoms with Gasteiger partial charge in [0.15, 0.2) is 11.5 Å². The number of carboxylic acids is 1. The van der Waals surface area contributed by atoms with Gasteiger partial charge in [-0.1, -0.05) is 12.1 Å². The van der Waals surface area contributed by atoms with Crippen molar-refractivity contribution in [2.45, 2.75) is 37.7 Å². The minimum Gasteiger partial charge on any atom is -0.493 e. The van der Waals surface area contributed by atoms with Crippen molar-refractivity contribution >= 4 is 17.7 Å². The second kappa shape index (κ2) is 6.82. The van der Waals surface area contributed by atoms with Crippen LogP contribution in [-0.2, 0) is 4.79 Å². The first kappa shape index (κ1) is 15.5. The summed E-state index contributed by atoms with van der Waals surface area (Å²) in [6, 6.07) is 5.86. The molecule has 1 aromatic carbocycles. The summed E-state index contributed by atoms with van der Waals surface area (Å²) in [7, 11) is 1.64. The van der Waals surface area contributed by atoms with Crippen molar-refractivity contribution in [1.29, 1.82) is 0 Å². The van der Waals surface area contributed by atoms with Crippen molar-refractivity contribution in [2.75, 3.05) is 18.6 Å². The molecule has 1 saturated carbocycles. The fourth-order valence-corrected chi connectivity index (χ4v) is 4.23. The lowest BCUT2D eigenvalue weighted by molar-refractivity contribution is -0.137. The fraction of sp³-hybridized carbons (Fsp3) is 0.588. The molecule has 0 radical (unpaired) electrons. The van der Waals surface area contributed by atoms with Crippen LogP contribution < -0.4 is 9.47 Å². The first-order chi connectivity index (χ1) is 10.7. The average molecular weight is 322 g/mol. The third kappa shape index (κ3) is 3.51. The molecule has 5 heteroatoms. The summed E-state index contributed by atoms with van der Waals surface area (Å²) in [5.41, 5.74) is 0.982. The highest BCUT2D eigenvalue weighted by Gasteiger charge is 2.36. The van der Waals surface area contributed by atoms with Crippen molar-refractivity contribution < 1.29 is 19.4 Å². The zero-order valence-electron chi connectivity index (χ0n) is 12.8. The lowest BCUT2D eigenvalue weighted by Crippen LogP contribution is -2.16. The summed E-state index contributed by atoms with van der Waals surface area (Å²) in [5, 5.41) is 9.21. The maximum Gasteiger partial charge on any atom is 0.303 e. The minimum absolute atomic E-state index is 0.0222. The smallest absolute Gasteiger partial charge is 0.303 e. The van der Waals surface area contributed by atoms with Gasteiger partial charge in [-0.2, -0.15) is 11.8 Å². The van der Waals surface area contributed by atoms with Crippen molar-refractivity contribution in [3.63, 3.8) is 0 Å². The van der Waals surface area contributed by atoms with Gasteiger partial charge in [0.2, 0.25) is 0 Å². The molecule has 1 N–H and O–H groups in total. The monoisotopic (exact) mass is 322 g/mol. The Morgan fingerprint density at radius 2 is 2.23 bits per heavy atom. The SMILES string of the molecule is COc1c(OC2CCSC2)cccc1C(CC(=O)O)C1CC1. The molecular weight excluding hydrogens is 300 g/mol.